The van der Waals surface area contributed by atoms with E-state index in [1.807, 2.05) is 55.5 Å². The fourth-order valence-electron chi connectivity index (χ4n) is 2.75. The Hall–Kier alpha value is -2.88. The number of anilines is 2. The van der Waals surface area contributed by atoms with Crippen molar-refractivity contribution >= 4 is 29.3 Å². The van der Waals surface area contributed by atoms with Crippen molar-refractivity contribution in [1.82, 2.24) is 0 Å². The lowest BCUT2D eigenvalue weighted by Gasteiger charge is -2.15. The lowest BCUT2D eigenvalue weighted by atomic mass is 10.1. The number of aryl methyl sites for hydroxylation is 1. The molecule has 122 valence electrons. The zero-order valence-electron chi connectivity index (χ0n) is 13.7. The quantitative estimate of drug-likeness (QED) is 0.872. The normalized spacial score (nSPS) is 14.4. The molecule has 0 unspecified atom stereocenters. The van der Waals surface area contributed by atoms with Crippen LogP contribution in [0.5, 0.6) is 0 Å². The third kappa shape index (κ3) is 3.71. The molecule has 0 atom stereocenters. The molecule has 0 saturated carbocycles. The summed E-state index contributed by atoms with van der Waals surface area (Å²) in [5.41, 5.74) is 3.68. The molecular formula is C20H20N2O2. The Bertz CT molecular complexity index is 778. The van der Waals surface area contributed by atoms with Gasteiger partial charge in [-0.15, -0.1) is 0 Å². The Kier molecular flexibility index (Phi) is 4.75. The Morgan fingerprint density at radius 1 is 1.12 bits per heavy atom. The molecule has 0 aromatic heterocycles. The molecule has 1 saturated heterocycles. The van der Waals surface area contributed by atoms with Gasteiger partial charge in [0.2, 0.25) is 11.8 Å². The number of hydrogen-bond acceptors (Lipinski definition) is 2. The van der Waals surface area contributed by atoms with Crippen LogP contribution < -0.4 is 10.2 Å². The van der Waals surface area contributed by atoms with Gasteiger partial charge in [0.25, 0.3) is 0 Å². The first kappa shape index (κ1) is 16.0. The third-order valence-corrected chi connectivity index (χ3v) is 4.11. The second-order valence-electron chi connectivity index (χ2n) is 5.88. The molecule has 2 amide bonds. The Balaban J connectivity index is 1.63. The first-order valence-corrected chi connectivity index (χ1v) is 8.08. The van der Waals surface area contributed by atoms with Crippen molar-refractivity contribution in [3.63, 3.8) is 0 Å². The van der Waals surface area contributed by atoms with Crippen molar-refractivity contribution in [2.45, 2.75) is 19.8 Å². The molecule has 2 aromatic carbocycles. The first-order valence-electron chi connectivity index (χ1n) is 8.08. The summed E-state index contributed by atoms with van der Waals surface area (Å²) in [4.78, 5) is 25.5. The van der Waals surface area contributed by atoms with Crippen molar-refractivity contribution in [3.8, 4) is 0 Å². The Morgan fingerprint density at radius 2 is 1.88 bits per heavy atom. The van der Waals surface area contributed by atoms with E-state index in [0.29, 0.717) is 6.42 Å². The maximum absolute atomic E-state index is 12.0. The summed E-state index contributed by atoms with van der Waals surface area (Å²) in [6.45, 7) is 2.74. The highest BCUT2D eigenvalue weighted by molar-refractivity contribution is 6.02. The summed E-state index contributed by atoms with van der Waals surface area (Å²) < 4.78 is 0. The maximum atomic E-state index is 12.0. The molecule has 0 bridgehead atoms. The summed E-state index contributed by atoms with van der Waals surface area (Å²) in [5.74, 6) is 0.0130. The molecule has 0 aliphatic carbocycles. The molecule has 4 nitrogen and oxygen atoms in total. The summed E-state index contributed by atoms with van der Waals surface area (Å²) in [6.07, 6.45) is 4.83. The summed E-state index contributed by atoms with van der Waals surface area (Å²) >= 11 is 0. The molecule has 1 aliphatic rings. The molecular weight excluding hydrogens is 300 g/mol. The maximum Gasteiger partial charge on any atom is 0.248 e. The molecule has 1 fully saturated rings. The van der Waals surface area contributed by atoms with Gasteiger partial charge in [0.1, 0.15) is 0 Å². The lowest BCUT2D eigenvalue weighted by Crippen LogP contribution is -2.23. The van der Waals surface area contributed by atoms with E-state index in [2.05, 4.69) is 5.32 Å². The number of nitrogens with zero attached hydrogens (tertiary/aromatic N) is 1. The summed E-state index contributed by atoms with van der Waals surface area (Å²) in [6, 6.07) is 15.3. The van der Waals surface area contributed by atoms with Crippen molar-refractivity contribution in [2.24, 2.45) is 0 Å². The number of carbonyl (C=O) groups is 2. The van der Waals surface area contributed by atoms with Crippen LogP contribution in [0.15, 0.2) is 54.6 Å². The number of carbonyl (C=O) groups excluding carboxylic acids is 2. The van der Waals surface area contributed by atoms with E-state index in [0.717, 1.165) is 35.5 Å². The minimum absolute atomic E-state index is 0.164. The molecule has 1 heterocycles. The van der Waals surface area contributed by atoms with E-state index in [1.165, 1.54) is 6.08 Å². The van der Waals surface area contributed by atoms with Crippen LogP contribution in [0.4, 0.5) is 11.4 Å². The monoisotopic (exact) mass is 320 g/mol. The van der Waals surface area contributed by atoms with E-state index >= 15 is 0 Å². The second-order valence-corrected chi connectivity index (χ2v) is 5.88. The van der Waals surface area contributed by atoms with Gasteiger partial charge in [-0.3, -0.25) is 9.59 Å². The van der Waals surface area contributed by atoms with E-state index < -0.39 is 0 Å². The molecule has 3 rings (SSSR count). The van der Waals surface area contributed by atoms with Crippen LogP contribution in [0.3, 0.4) is 0 Å². The van der Waals surface area contributed by atoms with Gasteiger partial charge < -0.3 is 10.2 Å². The van der Waals surface area contributed by atoms with Crippen LogP contribution in [0.1, 0.15) is 24.0 Å². The Morgan fingerprint density at radius 3 is 2.54 bits per heavy atom. The van der Waals surface area contributed by atoms with Crippen LogP contribution in [-0.4, -0.2) is 18.4 Å². The molecule has 4 heteroatoms. The predicted octanol–water partition coefficient (Wildman–Crippen LogP) is 3.77. The number of benzene rings is 2. The van der Waals surface area contributed by atoms with Crippen LogP contribution >= 0.6 is 0 Å². The summed E-state index contributed by atoms with van der Waals surface area (Å²) in [7, 11) is 0. The molecule has 0 spiro atoms. The van der Waals surface area contributed by atoms with E-state index in [9.17, 15) is 9.59 Å². The third-order valence-electron chi connectivity index (χ3n) is 4.11. The molecule has 1 N–H and O–H groups in total. The molecule has 2 aromatic rings. The minimum Gasteiger partial charge on any atom is -0.322 e. The largest absolute Gasteiger partial charge is 0.322 e. The fourth-order valence-corrected chi connectivity index (χ4v) is 2.75. The number of hydrogen-bond donors (Lipinski definition) is 1. The fraction of sp³-hybridized carbons (Fsp3) is 0.200. The van der Waals surface area contributed by atoms with Crippen LogP contribution in [0.2, 0.25) is 0 Å². The second kappa shape index (κ2) is 7.13. The number of amides is 2. The Labute approximate surface area is 141 Å². The van der Waals surface area contributed by atoms with Gasteiger partial charge in [-0.25, -0.2) is 0 Å². The van der Waals surface area contributed by atoms with Crippen molar-refractivity contribution < 1.29 is 9.59 Å². The average molecular weight is 320 g/mol. The number of rotatable bonds is 4. The summed E-state index contributed by atoms with van der Waals surface area (Å²) in [5, 5.41) is 2.86. The molecule has 0 radical (unpaired) electrons. The highest BCUT2D eigenvalue weighted by Crippen LogP contribution is 2.22. The zero-order chi connectivity index (χ0) is 16.9. The highest BCUT2D eigenvalue weighted by atomic mass is 16.2. The van der Waals surface area contributed by atoms with Gasteiger partial charge in [-0.05, 0) is 48.7 Å². The predicted molar refractivity (Wildman–Crippen MR) is 96.9 cm³/mol. The zero-order valence-corrected chi connectivity index (χ0v) is 13.7. The van der Waals surface area contributed by atoms with Gasteiger partial charge in [-0.1, -0.05) is 30.3 Å². The number of para-hydroxylation sites is 1. The minimum atomic E-state index is -0.164. The SMILES string of the molecule is Cc1ccccc1NC(=O)/C=C/c1ccc(N2CCCC2=O)cc1. The van der Waals surface area contributed by atoms with Gasteiger partial charge in [0.05, 0.1) is 0 Å². The smallest absolute Gasteiger partial charge is 0.248 e. The van der Waals surface area contributed by atoms with Gasteiger partial charge >= 0.3 is 0 Å². The lowest BCUT2D eigenvalue weighted by molar-refractivity contribution is -0.117. The highest BCUT2D eigenvalue weighted by Gasteiger charge is 2.21. The van der Waals surface area contributed by atoms with E-state index in [1.54, 1.807) is 11.0 Å². The molecule has 24 heavy (non-hydrogen) atoms. The average Bonchev–Trinajstić information content (AvgIpc) is 3.02. The van der Waals surface area contributed by atoms with Crippen LogP contribution in [-0.2, 0) is 9.59 Å². The van der Waals surface area contributed by atoms with Crippen molar-refractivity contribution in [2.75, 3.05) is 16.8 Å². The molecule has 1 aliphatic heterocycles. The van der Waals surface area contributed by atoms with Crippen molar-refractivity contribution in [3.05, 3.63) is 65.7 Å². The van der Waals surface area contributed by atoms with E-state index in [-0.39, 0.29) is 11.8 Å². The van der Waals surface area contributed by atoms with Gasteiger partial charge in [0, 0.05) is 30.4 Å². The topological polar surface area (TPSA) is 49.4 Å². The van der Waals surface area contributed by atoms with Crippen molar-refractivity contribution in [1.29, 1.82) is 0 Å². The van der Waals surface area contributed by atoms with Crippen LogP contribution in [0, 0.1) is 6.92 Å². The van der Waals surface area contributed by atoms with Crippen LogP contribution in [0.25, 0.3) is 6.08 Å². The first-order chi connectivity index (χ1) is 11.6. The number of nitrogens with one attached hydrogen (secondary N) is 1. The van der Waals surface area contributed by atoms with Gasteiger partial charge in [0.15, 0.2) is 0 Å². The van der Waals surface area contributed by atoms with Gasteiger partial charge in [-0.2, -0.15) is 0 Å². The van der Waals surface area contributed by atoms with E-state index in [4.69, 9.17) is 0 Å². The standard InChI is InChI=1S/C20H20N2O2/c1-15-5-2-3-6-18(15)21-19(23)13-10-16-8-11-17(12-9-16)22-14-4-7-20(22)24/h2-3,5-6,8-13H,4,7,14H2,1H3,(H,21,23)/b13-10+.